The number of piperidine rings is 1. The Hall–Kier alpha value is -1.96. The molecule has 1 fully saturated rings. The summed E-state index contributed by atoms with van der Waals surface area (Å²) in [5.74, 6) is -0.841. The summed E-state index contributed by atoms with van der Waals surface area (Å²) in [7, 11) is 0. The van der Waals surface area contributed by atoms with Crippen LogP contribution in [0, 0.1) is 0 Å². The first-order valence-electron chi connectivity index (χ1n) is 8.76. The lowest BCUT2D eigenvalue weighted by Crippen LogP contribution is -2.46. The Morgan fingerprint density at radius 2 is 2.04 bits per heavy atom. The van der Waals surface area contributed by atoms with Gasteiger partial charge in [0.05, 0.1) is 16.8 Å². The normalized spacial score (nSPS) is 19.0. The van der Waals surface area contributed by atoms with Gasteiger partial charge in [0.1, 0.15) is 10.5 Å². The van der Waals surface area contributed by atoms with E-state index in [9.17, 15) is 9.90 Å². The lowest BCUT2D eigenvalue weighted by molar-refractivity contribution is -0.0735. The van der Waals surface area contributed by atoms with E-state index in [1.807, 2.05) is 18.2 Å². The van der Waals surface area contributed by atoms with Gasteiger partial charge in [-0.05, 0) is 43.0 Å². The van der Waals surface area contributed by atoms with E-state index in [-0.39, 0.29) is 5.60 Å². The summed E-state index contributed by atoms with van der Waals surface area (Å²) in [5, 5.41) is 10.4. The molecule has 2 aliphatic rings. The van der Waals surface area contributed by atoms with Crippen LogP contribution < -0.4 is 4.90 Å². The summed E-state index contributed by atoms with van der Waals surface area (Å²) >= 11 is 3.12. The van der Waals surface area contributed by atoms with Gasteiger partial charge < -0.3 is 14.7 Å². The molecule has 7 heteroatoms. The third-order valence-electron chi connectivity index (χ3n) is 5.31. The number of ether oxygens (including phenoxy) is 1. The zero-order chi connectivity index (χ0) is 17.7. The van der Waals surface area contributed by atoms with Crippen molar-refractivity contribution in [2.24, 2.45) is 0 Å². The van der Waals surface area contributed by atoms with Gasteiger partial charge in [-0.25, -0.2) is 9.78 Å². The van der Waals surface area contributed by atoms with Crippen LogP contribution in [-0.4, -0.2) is 35.8 Å². The van der Waals surface area contributed by atoms with Gasteiger partial charge in [-0.2, -0.15) is 0 Å². The molecule has 0 saturated carbocycles. The van der Waals surface area contributed by atoms with Crippen molar-refractivity contribution in [3.8, 4) is 0 Å². The van der Waals surface area contributed by atoms with Crippen molar-refractivity contribution in [1.82, 2.24) is 4.98 Å². The van der Waals surface area contributed by atoms with E-state index in [1.165, 1.54) is 16.0 Å². The van der Waals surface area contributed by atoms with Crippen LogP contribution in [0.2, 0.25) is 0 Å². The highest BCUT2D eigenvalue weighted by molar-refractivity contribution is 7.22. The number of carboxylic acids is 1. The Morgan fingerprint density at radius 3 is 2.81 bits per heavy atom. The lowest BCUT2D eigenvalue weighted by Gasteiger charge is -2.43. The van der Waals surface area contributed by atoms with Gasteiger partial charge in [-0.1, -0.05) is 23.5 Å². The number of aromatic nitrogens is 1. The Bertz CT molecular complexity index is 953. The number of aromatic carboxylic acids is 1. The molecule has 5 rings (SSSR count). The molecular formula is C19H18N2O3S2. The van der Waals surface area contributed by atoms with Crippen molar-refractivity contribution in [3.63, 3.8) is 0 Å². The van der Waals surface area contributed by atoms with Crippen molar-refractivity contribution in [1.29, 1.82) is 0 Å². The molecule has 2 aliphatic heterocycles. The number of carboxylic acid groups (broad SMARTS) is 1. The van der Waals surface area contributed by atoms with Crippen molar-refractivity contribution in [2.45, 2.75) is 24.9 Å². The molecule has 0 bridgehead atoms. The Labute approximate surface area is 158 Å². The van der Waals surface area contributed by atoms with Gasteiger partial charge in [-0.3, -0.25) is 0 Å². The van der Waals surface area contributed by atoms with Crippen LogP contribution >= 0.6 is 22.7 Å². The van der Waals surface area contributed by atoms with Gasteiger partial charge in [0, 0.05) is 18.0 Å². The van der Waals surface area contributed by atoms with Gasteiger partial charge in [-0.15, -0.1) is 11.3 Å². The van der Waals surface area contributed by atoms with E-state index in [0.29, 0.717) is 11.5 Å². The van der Waals surface area contributed by atoms with E-state index in [4.69, 9.17) is 9.72 Å². The molecular weight excluding hydrogens is 368 g/mol. The number of para-hydroxylation sites is 1. The van der Waals surface area contributed by atoms with Crippen molar-refractivity contribution in [2.75, 3.05) is 24.6 Å². The van der Waals surface area contributed by atoms with E-state index in [1.54, 1.807) is 11.3 Å². The largest absolute Gasteiger partial charge is 0.477 e. The quantitative estimate of drug-likeness (QED) is 0.718. The number of carbonyl (C=O) groups is 1. The zero-order valence-electron chi connectivity index (χ0n) is 14.1. The van der Waals surface area contributed by atoms with Crippen molar-refractivity contribution >= 4 is 44.0 Å². The molecule has 1 N–H and O–H groups in total. The lowest BCUT2D eigenvalue weighted by atomic mass is 9.85. The van der Waals surface area contributed by atoms with Gasteiger partial charge in [0.15, 0.2) is 5.13 Å². The van der Waals surface area contributed by atoms with Gasteiger partial charge >= 0.3 is 5.97 Å². The number of benzene rings is 1. The van der Waals surface area contributed by atoms with Crippen molar-refractivity contribution in [3.05, 3.63) is 45.6 Å². The van der Waals surface area contributed by atoms with Gasteiger partial charge in [0.2, 0.25) is 0 Å². The summed E-state index contributed by atoms with van der Waals surface area (Å²) in [5.41, 5.74) is 1.89. The molecule has 4 heterocycles. The number of hydrogen-bond acceptors (Lipinski definition) is 6. The predicted octanol–water partition coefficient (Wildman–Crippen LogP) is 4.12. The fourth-order valence-electron chi connectivity index (χ4n) is 3.95. The second kappa shape index (κ2) is 6.04. The molecule has 1 spiro atoms. The zero-order valence-corrected chi connectivity index (χ0v) is 15.7. The maximum absolute atomic E-state index is 11.4. The molecule has 3 aromatic rings. The van der Waals surface area contributed by atoms with Crippen LogP contribution in [0.15, 0.2) is 30.3 Å². The number of thiophene rings is 1. The first-order valence-corrected chi connectivity index (χ1v) is 10.4. The van der Waals surface area contributed by atoms with Crippen molar-refractivity contribution < 1.29 is 14.6 Å². The molecule has 5 nitrogen and oxygen atoms in total. The predicted molar refractivity (Wildman–Crippen MR) is 104 cm³/mol. The van der Waals surface area contributed by atoms with E-state index in [0.717, 1.165) is 53.4 Å². The number of hydrogen-bond donors (Lipinski definition) is 1. The Morgan fingerprint density at radius 1 is 1.23 bits per heavy atom. The minimum atomic E-state index is -0.841. The number of rotatable bonds is 2. The second-order valence-electron chi connectivity index (χ2n) is 6.81. The third-order valence-corrected chi connectivity index (χ3v) is 7.76. The van der Waals surface area contributed by atoms with Crippen LogP contribution in [0.25, 0.3) is 10.2 Å². The molecule has 1 saturated heterocycles. The standard InChI is InChI=1S/C19H18N2O3S2/c22-17(23)15-11-12-5-10-24-19(16(12)25-15)6-8-21(9-7-19)18-20-13-3-1-2-4-14(13)26-18/h1-4,11H,5-10H2,(H,22,23). The third kappa shape index (κ3) is 2.53. The maximum Gasteiger partial charge on any atom is 0.345 e. The summed E-state index contributed by atoms with van der Waals surface area (Å²) in [6, 6.07) is 10.1. The minimum absolute atomic E-state index is 0.320. The van der Waals surface area contributed by atoms with Crippen LogP contribution in [0.5, 0.6) is 0 Å². The maximum atomic E-state index is 11.4. The molecule has 0 atom stereocenters. The van der Waals surface area contributed by atoms with E-state index in [2.05, 4.69) is 17.0 Å². The average molecular weight is 386 g/mol. The monoisotopic (exact) mass is 386 g/mol. The molecule has 0 aliphatic carbocycles. The molecule has 0 unspecified atom stereocenters. The summed E-state index contributed by atoms with van der Waals surface area (Å²) < 4.78 is 7.45. The molecule has 26 heavy (non-hydrogen) atoms. The van der Waals surface area contributed by atoms with Crippen LogP contribution in [-0.2, 0) is 16.8 Å². The number of anilines is 1. The fourth-order valence-corrected chi connectivity index (χ4v) is 6.22. The highest BCUT2D eigenvalue weighted by Gasteiger charge is 2.43. The molecule has 0 amide bonds. The number of nitrogens with zero attached hydrogens (tertiary/aromatic N) is 2. The number of thiazole rings is 1. The molecule has 1 aromatic carbocycles. The smallest absolute Gasteiger partial charge is 0.345 e. The van der Waals surface area contributed by atoms with Gasteiger partial charge in [0.25, 0.3) is 0 Å². The van der Waals surface area contributed by atoms with E-state index >= 15 is 0 Å². The molecule has 0 radical (unpaired) electrons. The average Bonchev–Trinajstić information content (AvgIpc) is 3.27. The topological polar surface area (TPSA) is 62.7 Å². The summed E-state index contributed by atoms with van der Waals surface area (Å²) in [4.78, 5) is 20.0. The minimum Gasteiger partial charge on any atom is -0.477 e. The Kier molecular flexibility index (Phi) is 3.77. The van der Waals surface area contributed by atoms with Crippen LogP contribution in [0.3, 0.4) is 0 Å². The van der Waals surface area contributed by atoms with E-state index < -0.39 is 5.97 Å². The first kappa shape index (κ1) is 16.2. The first-order chi connectivity index (χ1) is 12.6. The summed E-state index contributed by atoms with van der Waals surface area (Å²) in [6.45, 7) is 2.42. The summed E-state index contributed by atoms with van der Waals surface area (Å²) in [6.07, 6.45) is 2.55. The fraction of sp³-hybridized carbons (Fsp3) is 0.368. The molecule has 2 aromatic heterocycles. The number of fused-ring (bicyclic) bond motifs is 3. The molecule has 134 valence electrons. The Balaban J connectivity index is 1.41. The van der Waals surface area contributed by atoms with Crippen LogP contribution in [0.4, 0.5) is 5.13 Å². The second-order valence-corrected chi connectivity index (χ2v) is 8.88. The highest BCUT2D eigenvalue weighted by Crippen LogP contribution is 2.46. The highest BCUT2D eigenvalue weighted by atomic mass is 32.1. The van der Waals surface area contributed by atoms with Crippen LogP contribution in [0.1, 0.15) is 33.0 Å². The SMILES string of the molecule is O=C(O)c1cc2c(s1)C1(CCN(c3nc4ccccc4s3)CC1)OCC2.